The summed E-state index contributed by atoms with van der Waals surface area (Å²) < 4.78 is 77.7. The number of hydrogen-bond acceptors (Lipinski definition) is 35. The second-order valence-electron chi connectivity index (χ2n) is 29.8. The number of carbonyl (C=O) groups excluding carboxylic acids is 1. The molecule has 0 aromatic carbocycles. The van der Waals surface area contributed by atoms with Crippen molar-refractivity contribution in [2.24, 2.45) is 52.3 Å². The average Bonchev–Trinajstić information content (AvgIpc) is 1.51. The largest absolute Gasteiger partial charge is 0.394 e. The first-order chi connectivity index (χ1) is 46.4. The van der Waals surface area contributed by atoms with Gasteiger partial charge in [0.05, 0.1) is 58.5 Å². The minimum Gasteiger partial charge on any atom is -0.394 e. The monoisotopic (exact) mass is 1420 g/mol. The lowest BCUT2D eigenvalue weighted by molar-refractivity contribution is -0.411. The zero-order valence-corrected chi connectivity index (χ0v) is 54.9. The molecule has 7 aliphatic heterocycles. The van der Waals surface area contributed by atoms with Crippen molar-refractivity contribution in [3.63, 3.8) is 0 Å². The number of fused-ring (bicyclic) bond motifs is 7. The highest BCUT2D eigenvalue weighted by Gasteiger charge is 2.72. The van der Waals surface area contributed by atoms with E-state index in [0.29, 0.717) is 38.5 Å². The summed E-state index contributed by atoms with van der Waals surface area (Å²) in [5.41, 5.74) is -1.10. The third-order valence-electron chi connectivity index (χ3n) is 24.2. The molecule has 7 saturated heterocycles. The molecule has 11 fully saturated rings. The quantitative estimate of drug-likeness (QED) is 0.0448. The molecular formula is C63H104O35. The van der Waals surface area contributed by atoms with Gasteiger partial charge in [-0.05, 0) is 80.0 Å². The van der Waals surface area contributed by atoms with E-state index < -0.39 is 247 Å². The van der Waals surface area contributed by atoms with Crippen LogP contribution in [0.25, 0.3) is 0 Å². The summed E-state index contributed by atoms with van der Waals surface area (Å²) in [5.74, 6) is -2.09. The lowest BCUT2D eigenvalue weighted by atomic mass is 9.44. The van der Waals surface area contributed by atoms with Gasteiger partial charge in [-0.25, -0.2) is 0 Å². The minimum atomic E-state index is -2.26. The van der Waals surface area contributed by atoms with E-state index in [0.717, 1.165) is 12.8 Å². The maximum atomic E-state index is 15.0. The highest BCUT2D eigenvalue weighted by Crippen LogP contribution is 2.70. The number of aliphatic hydroxyl groups excluding tert-OH is 20. The fourth-order valence-corrected chi connectivity index (χ4v) is 18.3. The Labute approximate surface area is 564 Å². The van der Waals surface area contributed by atoms with Gasteiger partial charge < -0.3 is 169 Å². The summed E-state index contributed by atoms with van der Waals surface area (Å²) in [6, 6.07) is 0. The van der Waals surface area contributed by atoms with E-state index in [4.69, 9.17) is 61.6 Å². The van der Waals surface area contributed by atoms with E-state index in [1.54, 1.807) is 0 Å². The molecule has 0 bridgehead atoms. The summed E-state index contributed by atoms with van der Waals surface area (Å²) >= 11 is 0. The molecule has 98 heavy (non-hydrogen) atoms. The van der Waals surface area contributed by atoms with Gasteiger partial charge in [0.15, 0.2) is 43.5 Å². The molecule has 4 saturated carbocycles. The molecule has 42 atom stereocenters. The molecule has 0 radical (unpaired) electrons. The molecule has 4 aliphatic carbocycles. The van der Waals surface area contributed by atoms with Crippen molar-refractivity contribution in [3.05, 3.63) is 0 Å². The lowest BCUT2D eigenvalue weighted by Crippen LogP contribution is -2.69. The summed E-state index contributed by atoms with van der Waals surface area (Å²) in [7, 11) is 0. The predicted molar refractivity (Wildman–Crippen MR) is 317 cm³/mol. The smallest absolute Gasteiger partial charge is 0.187 e. The maximum Gasteiger partial charge on any atom is 0.187 e. The molecule has 0 aromatic heterocycles. The minimum absolute atomic E-state index is 0.00541. The Kier molecular flexibility index (Phi) is 24.5. The highest BCUT2D eigenvalue weighted by atomic mass is 16.8. The molecule has 0 aromatic rings. The number of hydrogen-bond donors (Lipinski definition) is 21. The van der Waals surface area contributed by atoms with E-state index in [2.05, 4.69) is 6.92 Å². The van der Waals surface area contributed by atoms with Crippen molar-refractivity contribution in [1.29, 1.82) is 0 Å². The molecule has 7 heterocycles. The Bertz CT molecular complexity index is 2600. The van der Waals surface area contributed by atoms with Gasteiger partial charge in [-0.1, -0.05) is 27.7 Å². The van der Waals surface area contributed by atoms with Crippen LogP contribution in [0.5, 0.6) is 0 Å². The van der Waals surface area contributed by atoms with Gasteiger partial charge in [-0.3, -0.25) is 4.79 Å². The second kappa shape index (κ2) is 31.0. The van der Waals surface area contributed by atoms with Gasteiger partial charge in [-0.15, -0.1) is 0 Å². The van der Waals surface area contributed by atoms with Crippen molar-refractivity contribution < 1.29 is 174 Å². The Hall–Kier alpha value is -1.69. The van der Waals surface area contributed by atoms with Gasteiger partial charge in [0.2, 0.25) is 0 Å². The molecule has 1 unspecified atom stereocenters. The number of carbonyl (C=O) groups is 1. The van der Waals surface area contributed by atoms with E-state index >= 15 is 0 Å². The molecule has 21 N–H and O–H groups in total. The topological polar surface area (TPSA) is 562 Å². The average molecular weight is 1420 g/mol. The zero-order valence-electron chi connectivity index (χ0n) is 54.9. The van der Waals surface area contributed by atoms with Crippen LogP contribution in [-0.4, -0.2) is 361 Å². The van der Waals surface area contributed by atoms with Crippen molar-refractivity contribution in [1.82, 2.24) is 0 Å². The number of ether oxygens (including phenoxy) is 13. The van der Waals surface area contributed by atoms with E-state index in [-0.39, 0.29) is 65.8 Å². The fraction of sp³-hybridized carbons (Fsp3) is 0.984. The summed E-state index contributed by atoms with van der Waals surface area (Å²) in [6.07, 6.45) is -51.9. The lowest BCUT2D eigenvalue weighted by Gasteiger charge is -2.60. The first kappa shape index (κ1) is 77.4. The van der Waals surface area contributed by atoms with Crippen LogP contribution in [0.2, 0.25) is 0 Å². The third kappa shape index (κ3) is 14.1. The SMILES string of the molecule is C[C@H](CC[C@@]1(O)O[C@H]2C[C@H]3[C@@H]4CCC5C[C@@H](O[C@@H]6O[C@H](CO)[C@H](O[C@@H]7O[C@H](CO)[C@@H](O)[C@H](O[C@@H]8O[C@H](CO)[C@@H](O)[C@H](O)[C@H]8O)[C@H]7O[C@@H]7O[C@H](CO)[C@@H](O)[C@H](O[C@@H]8O[C@H](CO)[C@@H](O)[C@H](O)[C@H]8O)[C@H]7O)[C@H](O)[C@H]6O)CC[C@]5(C)[C@H]4CC(=O)[C@]3(C)[C@H]2[C@@H]1C)CO[C@@H]1O[C@H](CO)[C@@H](O)[C@H](O)[C@H]1O. The summed E-state index contributed by atoms with van der Waals surface area (Å²) in [6.45, 7) is 2.70. The fourth-order valence-electron chi connectivity index (χ4n) is 18.3. The molecule has 35 heteroatoms. The van der Waals surface area contributed by atoms with Crippen molar-refractivity contribution >= 4 is 5.78 Å². The first-order valence-corrected chi connectivity index (χ1v) is 34.4. The van der Waals surface area contributed by atoms with Crippen LogP contribution in [0.3, 0.4) is 0 Å². The number of Topliss-reactive ketones (excluding diaryl/α,β-unsaturated/α-hetero) is 1. The normalized spacial score (nSPS) is 54.7. The van der Waals surface area contributed by atoms with Crippen LogP contribution in [0.1, 0.15) is 85.5 Å². The van der Waals surface area contributed by atoms with Crippen molar-refractivity contribution in [2.45, 2.75) is 288 Å². The number of rotatable bonds is 22. The van der Waals surface area contributed by atoms with E-state index in [1.165, 1.54) is 0 Å². The molecular weight excluding hydrogens is 1320 g/mol. The van der Waals surface area contributed by atoms with Crippen LogP contribution >= 0.6 is 0 Å². The van der Waals surface area contributed by atoms with Crippen molar-refractivity contribution in [3.8, 4) is 0 Å². The van der Waals surface area contributed by atoms with E-state index in [9.17, 15) is 112 Å². The van der Waals surface area contributed by atoms with Crippen LogP contribution in [0.15, 0.2) is 0 Å². The molecule has 566 valence electrons. The Morgan fingerprint density at radius 2 is 0.918 bits per heavy atom. The molecule has 11 rings (SSSR count). The van der Waals surface area contributed by atoms with Gasteiger partial charge in [0.1, 0.15) is 152 Å². The molecule has 0 amide bonds. The van der Waals surface area contributed by atoms with Crippen LogP contribution in [-0.2, 0) is 66.4 Å². The Morgan fingerprint density at radius 1 is 0.469 bits per heavy atom. The maximum absolute atomic E-state index is 15.0. The summed E-state index contributed by atoms with van der Waals surface area (Å²) in [4.78, 5) is 15.0. The first-order valence-electron chi connectivity index (χ1n) is 34.4. The zero-order chi connectivity index (χ0) is 71.1. The Morgan fingerprint density at radius 3 is 1.48 bits per heavy atom. The van der Waals surface area contributed by atoms with Crippen molar-refractivity contribution in [2.75, 3.05) is 46.2 Å². The standard InChI is InChI=1S/C63H104O35/c1-21(20-86-55-46(80)42(76)37(71)29(14-64)88-55)7-10-63(85)22(2)36-28(98-63)12-27-25-6-5-23-11-24(8-9-61(23,3)26(25)13-35(70)62(27,36)4)87-56-49(83)45(79)51(34(19-69)93-56)94-60-54(53(41(75)33(18-68)92-60)96-58-48(82)44(78)39(73)31(16-66)90-58)97-59-50(84)52(40(74)32(17-67)91-59)95-57-47(81)43(77)38(72)30(15-65)89-57/h21-34,36-60,64-69,71-85H,5-20H2,1-4H3/t21-,22+,23?,24+,25-,26+,27+,28+,29-,30-,31-,32-,33-,34-,36+,37-,38-,39-,40-,41-,42+,43+,44+,45-,46-,47-,48-,49-,50-,51+,52+,53+,54-,55-,56-,57+,58+,59+,60+,61+,62-,63-/m1/s1. The Balaban J connectivity index is 0.750. The van der Waals surface area contributed by atoms with Gasteiger partial charge >= 0.3 is 0 Å². The van der Waals surface area contributed by atoms with Gasteiger partial charge in [0, 0.05) is 30.1 Å². The molecule has 0 spiro atoms. The predicted octanol–water partition coefficient (Wildman–Crippen LogP) is -9.13. The number of ketones is 1. The van der Waals surface area contributed by atoms with Gasteiger partial charge in [-0.2, -0.15) is 0 Å². The third-order valence-corrected chi connectivity index (χ3v) is 24.2. The van der Waals surface area contributed by atoms with Crippen LogP contribution in [0.4, 0.5) is 0 Å². The second-order valence-corrected chi connectivity index (χ2v) is 29.8. The van der Waals surface area contributed by atoms with E-state index in [1.807, 2.05) is 20.8 Å². The van der Waals surface area contributed by atoms with Gasteiger partial charge in [0.25, 0.3) is 0 Å². The molecule has 11 aliphatic rings. The van der Waals surface area contributed by atoms with Crippen LogP contribution in [0, 0.1) is 52.3 Å². The number of aliphatic hydroxyl groups is 21. The molecule has 35 nitrogen and oxygen atoms in total. The highest BCUT2D eigenvalue weighted by molar-refractivity contribution is 5.87. The van der Waals surface area contributed by atoms with Crippen LogP contribution < -0.4 is 0 Å². The summed E-state index contributed by atoms with van der Waals surface area (Å²) in [5, 5.41) is 228.